The Morgan fingerprint density at radius 1 is 1.30 bits per heavy atom. The molecular formula is C14H19BrN2O2S. The Labute approximate surface area is 128 Å². The predicted molar refractivity (Wildman–Crippen MR) is 82.1 cm³/mol. The average Bonchev–Trinajstić information content (AvgIpc) is 2.37. The summed E-state index contributed by atoms with van der Waals surface area (Å²) >= 11 is 3.31. The third kappa shape index (κ3) is 2.79. The molecule has 1 saturated carbocycles. The topological polar surface area (TPSA) is 58.2 Å². The summed E-state index contributed by atoms with van der Waals surface area (Å²) in [6.45, 7) is 0.892. The highest BCUT2D eigenvalue weighted by Crippen LogP contribution is 2.38. The number of piperidine rings is 1. The minimum absolute atomic E-state index is 0.0358. The molecule has 1 aromatic carbocycles. The van der Waals surface area contributed by atoms with Crippen molar-refractivity contribution in [3.05, 3.63) is 28.7 Å². The van der Waals surface area contributed by atoms with E-state index in [1.165, 1.54) is 19.3 Å². The van der Waals surface area contributed by atoms with Crippen LogP contribution in [0.15, 0.2) is 33.6 Å². The van der Waals surface area contributed by atoms with Crippen LogP contribution in [0.1, 0.15) is 32.1 Å². The zero-order valence-electron chi connectivity index (χ0n) is 11.2. The standard InChI is InChI=1S/C14H19BrN2O2S/c15-12-4-1-2-5-13(12)20(18,19)17-11-6-9-16-14(10-11)7-3-8-14/h1-2,4-5,11,16-17H,3,6-10H2. The number of hydrogen-bond acceptors (Lipinski definition) is 3. The summed E-state index contributed by atoms with van der Waals surface area (Å²) in [7, 11) is -3.45. The van der Waals surface area contributed by atoms with Crippen LogP contribution >= 0.6 is 15.9 Å². The molecule has 0 amide bonds. The molecule has 20 heavy (non-hydrogen) atoms. The van der Waals surface area contributed by atoms with Crippen molar-refractivity contribution in [1.82, 2.24) is 10.0 Å². The molecule has 1 heterocycles. The van der Waals surface area contributed by atoms with Crippen LogP contribution in [0.2, 0.25) is 0 Å². The molecule has 2 fully saturated rings. The van der Waals surface area contributed by atoms with Crippen molar-refractivity contribution < 1.29 is 8.42 Å². The minimum atomic E-state index is -3.45. The van der Waals surface area contributed by atoms with Gasteiger partial charge in [-0.3, -0.25) is 0 Å². The zero-order chi connectivity index (χ0) is 14.2. The Morgan fingerprint density at radius 3 is 2.70 bits per heavy atom. The first-order valence-corrected chi connectivity index (χ1v) is 9.30. The highest BCUT2D eigenvalue weighted by atomic mass is 79.9. The van der Waals surface area contributed by atoms with E-state index in [-0.39, 0.29) is 11.6 Å². The molecule has 2 N–H and O–H groups in total. The van der Waals surface area contributed by atoms with Crippen molar-refractivity contribution in [2.45, 2.75) is 48.6 Å². The van der Waals surface area contributed by atoms with E-state index >= 15 is 0 Å². The van der Waals surface area contributed by atoms with Crippen LogP contribution in [-0.2, 0) is 10.0 Å². The summed E-state index contributed by atoms with van der Waals surface area (Å²) in [5.74, 6) is 0. The number of halogens is 1. The second-order valence-corrected chi connectivity index (χ2v) is 8.34. The molecule has 2 aliphatic rings. The molecule has 0 bridgehead atoms. The van der Waals surface area contributed by atoms with Gasteiger partial charge in [-0.2, -0.15) is 0 Å². The van der Waals surface area contributed by atoms with E-state index in [2.05, 4.69) is 26.0 Å². The van der Waals surface area contributed by atoms with E-state index < -0.39 is 10.0 Å². The third-order valence-electron chi connectivity index (χ3n) is 4.39. The van der Waals surface area contributed by atoms with Crippen molar-refractivity contribution >= 4 is 26.0 Å². The van der Waals surface area contributed by atoms with Crippen molar-refractivity contribution in [1.29, 1.82) is 0 Å². The molecule has 1 saturated heterocycles. The Hall–Kier alpha value is -0.430. The number of sulfonamides is 1. The van der Waals surface area contributed by atoms with Gasteiger partial charge in [-0.15, -0.1) is 0 Å². The molecule has 0 radical (unpaired) electrons. The van der Waals surface area contributed by atoms with E-state index in [1.807, 2.05) is 6.07 Å². The molecule has 6 heteroatoms. The molecule has 0 aromatic heterocycles. The van der Waals surface area contributed by atoms with Gasteiger partial charge >= 0.3 is 0 Å². The van der Waals surface area contributed by atoms with Gasteiger partial charge in [0.15, 0.2) is 0 Å². The van der Waals surface area contributed by atoms with Crippen molar-refractivity contribution in [2.75, 3.05) is 6.54 Å². The summed E-state index contributed by atoms with van der Waals surface area (Å²) in [4.78, 5) is 0.321. The predicted octanol–water partition coefficient (Wildman–Crippen LogP) is 2.40. The van der Waals surface area contributed by atoms with Gasteiger partial charge in [0.2, 0.25) is 10.0 Å². The van der Waals surface area contributed by atoms with E-state index in [4.69, 9.17) is 0 Å². The second kappa shape index (κ2) is 5.40. The molecular weight excluding hydrogens is 340 g/mol. The Kier molecular flexibility index (Phi) is 3.92. The molecule has 3 rings (SSSR count). The summed E-state index contributed by atoms with van der Waals surface area (Å²) in [6, 6.07) is 6.98. The van der Waals surface area contributed by atoms with Crippen molar-refractivity contribution in [2.24, 2.45) is 0 Å². The number of hydrogen-bond donors (Lipinski definition) is 2. The van der Waals surface area contributed by atoms with Crippen LogP contribution in [0, 0.1) is 0 Å². The first-order chi connectivity index (χ1) is 9.51. The zero-order valence-corrected chi connectivity index (χ0v) is 13.6. The van der Waals surface area contributed by atoms with Crippen LogP contribution in [0.5, 0.6) is 0 Å². The smallest absolute Gasteiger partial charge is 0.241 e. The van der Waals surface area contributed by atoms with Crippen LogP contribution in [-0.4, -0.2) is 26.5 Å². The monoisotopic (exact) mass is 358 g/mol. The molecule has 1 aliphatic heterocycles. The van der Waals surface area contributed by atoms with Crippen LogP contribution < -0.4 is 10.0 Å². The van der Waals surface area contributed by atoms with Crippen LogP contribution in [0.25, 0.3) is 0 Å². The SMILES string of the molecule is O=S(=O)(NC1CCNC2(CCC2)C1)c1ccccc1Br. The average molecular weight is 359 g/mol. The summed E-state index contributed by atoms with van der Waals surface area (Å²) in [5.41, 5.74) is 0.194. The van der Waals surface area contributed by atoms with Crippen LogP contribution in [0.4, 0.5) is 0 Å². The summed E-state index contributed by atoms with van der Waals surface area (Å²) < 4.78 is 28.4. The molecule has 1 atom stereocenters. The van der Waals surface area contributed by atoms with Gasteiger partial charge in [0, 0.05) is 16.1 Å². The maximum Gasteiger partial charge on any atom is 0.241 e. The van der Waals surface area contributed by atoms with E-state index in [9.17, 15) is 8.42 Å². The molecule has 110 valence electrons. The lowest BCUT2D eigenvalue weighted by Crippen LogP contribution is -2.59. The maximum absolute atomic E-state index is 12.5. The quantitative estimate of drug-likeness (QED) is 0.872. The van der Waals surface area contributed by atoms with Gasteiger partial charge in [-0.1, -0.05) is 12.1 Å². The Morgan fingerprint density at radius 2 is 2.05 bits per heavy atom. The van der Waals surface area contributed by atoms with E-state index in [0.29, 0.717) is 9.37 Å². The molecule has 1 aliphatic carbocycles. The fourth-order valence-electron chi connectivity index (χ4n) is 3.19. The number of nitrogens with one attached hydrogen (secondary N) is 2. The molecule has 1 aromatic rings. The lowest BCUT2D eigenvalue weighted by molar-refractivity contribution is 0.126. The largest absolute Gasteiger partial charge is 0.311 e. The first kappa shape index (κ1) is 14.5. The van der Waals surface area contributed by atoms with Gasteiger partial charge in [0.1, 0.15) is 0 Å². The maximum atomic E-state index is 12.5. The highest BCUT2D eigenvalue weighted by molar-refractivity contribution is 9.10. The first-order valence-electron chi connectivity index (χ1n) is 7.03. The Balaban J connectivity index is 1.75. The van der Waals surface area contributed by atoms with Gasteiger partial charge in [-0.05, 0) is 66.7 Å². The third-order valence-corrected chi connectivity index (χ3v) is 6.92. The fourth-order valence-corrected chi connectivity index (χ4v) is 5.46. The second-order valence-electron chi connectivity index (χ2n) is 5.80. The van der Waals surface area contributed by atoms with Crippen molar-refractivity contribution in [3.63, 3.8) is 0 Å². The number of benzene rings is 1. The highest BCUT2D eigenvalue weighted by Gasteiger charge is 2.41. The summed E-state index contributed by atoms with van der Waals surface area (Å²) in [6.07, 6.45) is 5.33. The normalized spacial score (nSPS) is 25.4. The van der Waals surface area contributed by atoms with Gasteiger partial charge in [0.25, 0.3) is 0 Å². The lowest BCUT2D eigenvalue weighted by Gasteiger charge is -2.48. The Bertz CT molecular complexity index is 599. The molecule has 1 unspecified atom stereocenters. The molecule has 4 nitrogen and oxygen atoms in total. The minimum Gasteiger partial charge on any atom is -0.311 e. The number of rotatable bonds is 3. The van der Waals surface area contributed by atoms with Crippen molar-refractivity contribution in [3.8, 4) is 0 Å². The van der Waals surface area contributed by atoms with Crippen LogP contribution in [0.3, 0.4) is 0 Å². The van der Waals surface area contributed by atoms with E-state index in [1.54, 1.807) is 18.2 Å². The van der Waals surface area contributed by atoms with Gasteiger partial charge < -0.3 is 5.32 Å². The lowest BCUT2D eigenvalue weighted by atomic mass is 9.70. The molecule has 1 spiro atoms. The fraction of sp³-hybridized carbons (Fsp3) is 0.571. The van der Waals surface area contributed by atoms with Gasteiger partial charge in [0.05, 0.1) is 4.90 Å². The van der Waals surface area contributed by atoms with Gasteiger partial charge in [-0.25, -0.2) is 13.1 Å². The summed E-state index contributed by atoms with van der Waals surface area (Å²) in [5, 5.41) is 3.55. The van der Waals surface area contributed by atoms with E-state index in [0.717, 1.165) is 19.4 Å².